The Kier molecular flexibility index (Phi) is 6.24. The molecule has 4 N–H and O–H groups in total. The molecule has 1 aliphatic rings. The molecular weight excluding hydrogens is 404 g/mol. The fourth-order valence-electron chi connectivity index (χ4n) is 3.64. The van der Waals surface area contributed by atoms with Gasteiger partial charge in [-0.15, -0.1) is 11.3 Å². The average molecular weight is 429 g/mol. The SMILES string of the molecule is Cc1ccc([C@@H]2O[C@H](CO)[C@@H](O)[C@H](O)[C@H]2O)cc1Cc1ccc(-c2ncccn2)s1. The van der Waals surface area contributed by atoms with Crippen molar-refractivity contribution >= 4 is 11.3 Å². The lowest BCUT2D eigenvalue weighted by Crippen LogP contribution is -2.55. The monoisotopic (exact) mass is 428 g/mol. The van der Waals surface area contributed by atoms with E-state index in [-0.39, 0.29) is 0 Å². The van der Waals surface area contributed by atoms with E-state index in [1.807, 2.05) is 31.2 Å². The van der Waals surface area contributed by atoms with Crippen molar-refractivity contribution in [2.75, 3.05) is 6.61 Å². The van der Waals surface area contributed by atoms with Crippen LogP contribution in [0.25, 0.3) is 10.7 Å². The number of hydrogen-bond acceptors (Lipinski definition) is 8. The van der Waals surface area contributed by atoms with E-state index in [9.17, 15) is 20.4 Å². The van der Waals surface area contributed by atoms with E-state index >= 15 is 0 Å². The van der Waals surface area contributed by atoms with E-state index in [4.69, 9.17) is 4.74 Å². The van der Waals surface area contributed by atoms with Crippen LogP contribution in [0.1, 0.15) is 27.7 Å². The number of aliphatic hydroxyl groups excluding tert-OH is 4. The van der Waals surface area contributed by atoms with E-state index in [1.165, 1.54) is 0 Å². The topological polar surface area (TPSA) is 116 Å². The highest BCUT2D eigenvalue weighted by molar-refractivity contribution is 7.15. The van der Waals surface area contributed by atoms with Crippen LogP contribution in [0.4, 0.5) is 0 Å². The Hall–Kier alpha value is -2.20. The van der Waals surface area contributed by atoms with Gasteiger partial charge in [0.2, 0.25) is 0 Å². The maximum atomic E-state index is 10.4. The molecule has 0 radical (unpaired) electrons. The summed E-state index contributed by atoms with van der Waals surface area (Å²) >= 11 is 1.62. The van der Waals surface area contributed by atoms with E-state index in [0.717, 1.165) is 20.9 Å². The summed E-state index contributed by atoms with van der Waals surface area (Å²) in [4.78, 5) is 10.7. The van der Waals surface area contributed by atoms with Crippen LogP contribution in [-0.4, -0.2) is 61.4 Å². The first-order valence-corrected chi connectivity index (χ1v) is 10.6. The first-order chi connectivity index (χ1) is 14.5. The molecule has 1 aliphatic heterocycles. The number of aromatic nitrogens is 2. The molecule has 158 valence electrons. The minimum Gasteiger partial charge on any atom is -0.394 e. The van der Waals surface area contributed by atoms with Gasteiger partial charge in [-0.05, 0) is 41.8 Å². The molecule has 7 nitrogen and oxygen atoms in total. The van der Waals surface area contributed by atoms with Crippen molar-refractivity contribution in [1.82, 2.24) is 9.97 Å². The number of benzene rings is 1. The molecule has 0 spiro atoms. The third kappa shape index (κ3) is 4.15. The van der Waals surface area contributed by atoms with Gasteiger partial charge in [0, 0.05) is 23.7 Å². The van der Waals surface area contributed by atoms with Crippen molar-refractivity contribution in [3.63, 3.8) is 0 Å². The highest BCUT2D eigenvalue weighted by Crippen LogP contribution is 2.34. The lowest BCUT2D eigenvalue weighted by molar-refractivity contribution is -0.231. The Labute approximate surface area is 178 Å². The summed E-state index contributed by atoms with van der Waals surface area (Å²) in [7, 11) is 0. The molecule has 8 heteroatoms. The fraction of sp³-hybridized carbons (Fsp3) is 0.364. The predicted octanol–water partition coefficient (Wildman–Crippen LogP) is 1.62. The predicted molar refractivity (Wildman–Crippen MR) is 112 cm³/mol. The van der Waals surface area contributed by atoms with Crippen molar-refractivity contribution < 1.29 is 25.2 Å². The van der Waals surface area contributed by atoms with E-state index in [2.05, 4.69) is 16.0 Å². The quantitative estimate of drug-likeness (QED) is 0.488. The van der Waals surface area contributed by atoms with Crippen LogP contribution in [0.15, 0.2) is 48.8 Å². The number of aliphatic hydroxyl groups is 4. The standard InChI is InChI=1S/C22H24N2O5S/c1-12-3-4-13(21-20(28)19(27)18(26)16(11-25)29-21)9-14(12)10-15-5-6-17(30-15)22-23-7-2-8-24-22/h2-9,16,18-21,25-28H,10-11H2,1H3/t16-,18-,19+,20-,21+/m1/s1. The largest absolute Gasteiger partial charge is 0.394 e. The number of nitrogens with zero attached hydrogens (tertiary/aromatic N) is 2. The molecule has 3 heterocycles. The van der Waals surface area contributed by atoms with Gasteiger partial charge in [-0.25, -0.2) is 9.97 Å². The zero-order valence-electron chi connectivity index (χ0n) is 16.4. The molecule has 4 rings (SSSR count). The Morgan fingerprint density at radius 2 is 1.77 bits per heavy atom. The van der Waals surface area contributed by atoms with Gasteiger partial charge in [-0.3, -0.25) is 0 Å². The van der Waals surface area contributed by atoms with Crippen molar-refractivity contribution in [3.05, 3.63) is 70.4 Å². The highest BCUT2D eigenvalue weighted by Gasteiger charge is 2.43. The minimum atomic E-state index is -1.39. The zero-order chi connectivity index (χ0) is 21.3. The van der Waals surface area contributed by atoms with E-state index < -0.39 is 37.1 Å². The summed E-state index contributed by atoms with van der Waals surface area (Å²) in [5, 5.41) is 40.0. The van der Waals surface area contributed by atoms with Gasteiger partial charge >= 0.3 is 0 Å². The molecule has 2 aromatic heterocycles. The highest BCUT2D eigenvalue weighted by atomic mass is 32.1. The Bertz CT molecular complexity index is 994. The summed E-state index contributed by atoms with van der Waals surface area (Å²) in [6.45, 7) is 1.57. The number of hydrogen-bond donors (Lipinski definition) is 4. The molecule has 0 saturated carbocycles. The van der Waals surface area contributed by atoms with Gasteiger partial charge in [0.25, 0.3) is 0 Å². The van der Waals surface area contributed by atoms with Crippen molar-refractivity contribution in [1.29, 1.82) is 0 Å². The molecule has 0 unspecified atom stereocenters. The van der Waals surface area contributed by atoms with Crippen LogP contribution < -0.4 is 0 Å². The molecule has 0 aliphatic carbocycles. The maximum absolute atomic E-state index is 10.4. The van der Waals surface area contributed by atoms with Gasteiger partial charge in [0.1, 0.15) is 30.5 Å². The summed E-state index contributed by atoms with van der Waals surface area (Å²) in [5.74, 6) is 0.695. The van der Waals surface area contributed by atoms with Crippen molar-refractivity contribution in [2.45, 2.75) is 43.9 Å². The van der Waals surface area contributed by atoms with Crippen molar-refractivity contribution in [3.8, 4) is 10.7 Å². The maximum Gasteiger partial charge on any atom is 0.169 e. The zero-order valence-corrected chi connectivity index (χ0v) is 17.2. The first-order valence-electron chi connectivity index (χ1n) is 9.74. The summed E-state index contributed by atoms with van der Waals surface area (Å²) < 4.78 is 5.70. The third-order valence-electron chi connectivity index (χ3n) is 5.41. The molecule has 5 atom stereocenters. The van der Waals surface area contributed by atoms with Crippen LogP contribution in [-0.2, 0) is 11.2 Å². The van der Waals surface area contributed by atoms with Crippen LogP contribution >= 0.6 is 11.3 Å². The third-order valence-corrected chi connectivity index (χ3v) is 6.49. The van der Waals surface area contributed by atoms with Gasteiger partial charge in [0.15, 0.2) is 5.82 Å². The Balaban J connectivity index is 1.57. The normalized spacial score (nSPS) is 26.6. The molecule has 1 aromatic carbocycles. The summed E-state index contributed by atoms with van der Waals surface area (Å²) in [6, 6.07) is 11.6. The van der Waals surface area contributed by atoms with Crippen LogP contribution in [0.5, 0.6) is 0 Å². The van der Waals surface area contributed by atoms with Crippen LogP contribution in [0, 0.1) is 6.92 Å². The first kappa shape index (κ1) is 21.0. The van der Waals surface area contributed by atoms with Gasteiger partial charge in [-0.2, -0.15) is 0 Å². The van der Waals surface area contributed by atoms with Crippen LogP contribution in [0.2, 0.25) is 0 Å². The number of thiophene rings is 1. The molecule has 3 aromatic rings. The molecule has 1 saturated heterocycles. The lowest BCUT2D eigenvalue weighted by atomic mass is 9.89. The Morgan fingerprint density at radius 3 is 2.50 bits per heavy atom. The fourth-order valence-corrected chi connectivity index (χ4v) is 4.62. The molecule has 1 fully saturated rings. The second kappa shape index (κ2) is 8.89. The van der Waals surface area contributed by atoms with E-state index in [0.29, 0.717) is 17.8 Å². The second-order valence-electron chi connectivity index (χ2n) is 7.45. The molecule has 0 amide bonds. The lowest BCUT2D eigenvalue weighted by Gasteiger charge is -2.40. The smallest absolute Gasteiger partial charge is 0.169 e. The number of aryl methyl sites for hydroxylation is 1. The van der Waals surface area contributed by atoms with Gasteiger partial charge < -0.3 is 25.2 Å². The van der Waals surface area contributed by atoms with Crippen LogP contribution in [0.3, 0.4) is 0 Å². The second-order valence-corrected chi connectivity index (χ2v) is 8.62. The summed E-state index contributed by atoms with van der Waals surface area (Å²) in [6.07, 6.45) is -1.69. The number of ether oxygens (including phenoxy) is 1. The molecular formula is C22H24N2O5S. The minimum absolute atomic E-state index is 0.445. The molecule has 0 bridgehead atoms. The van der Waals surface area contributed by atoms with Gasteiger partial charge in [-0.1, -0.05) is 18.2 Å². The Morgan fingerprint density at radius 1 is 1.00 bits per heavy atom. The van der Waals surface area contributed by atoms with Gasteiger partial charge in [0.05, 0.1) is 11.5 Å². The van der Waals surface area contributed by atoms with E-state index in [1.54, 1.807) is 29.8 Å². The summed E-state index contributed by atoms with van der Waals surface area (Å²) in [5.41, 5.74) is 2.84. The molecule has 30 heavy (non-hydrogen) atoms. The van der Waals surface area contributed by atoms with Crippen molar-refractivity contribution in [2.24, 2.45) is 0 Å². The number of rotatable bonds is 5. The average Bonchev–Trinajstić information content (AvgIpc) is 3.23.